The molecule has 0 saturated carbocycles. The van der Waals surface area contributed by atoms with Crippen LogP contribution >= 0.6 is 0 Å². The molecule has 1 N–H and O–H groups in total. The third kappa shape index (κ3) is 3.06. The first-order valence-electron chi connectivity index (χ1n) is 9.01. The first kappa shape index (κ1) is 18.6. The lowest BCUT2D eigenvalue weighted by Gasteiger charge is -2.48. The van der Waals surface area contributed by atoms with Crippen LogP contribution in [0.25, 0.3) is 22.3 Å². The Balaban J connectivity index is 1.66. The van der Waals surface area contributed by atoms with Crippen molar-refractivity contribution in [1.29, 1.82) is 5.26 Å². The van der Waals surface area contributed by atoms with Crippen molar-refractivity contribution in [1.82, 2.24) is 29.0 Å². The molecule has 9 nitrogen and oxygen atoms in total. The molecule has 0 radical (unpaired) electrons. The Morgan fingerprint density at radius 3 is 2.93 bits per heavy atom. The lowest BCUT2D eigenvalue weighted by molar-refractivity contribution is 0.0753. The molecule has 1 aliphatic rings. The van der Waals surface area contributed by atoms with Crippen LogP contribution in [0.1, 0.15) is 20.3 Å². The quantitative estimate of drug-likeness (QED) is 0.707. The average Bonchev–Trinajstić information content (AvgIpc) is 3.25. The van der Waals surface area contributed by atoms with E-state index in [2.05, 4.69) is 30.5 Å². The Labute approximate surface area is 163 Å². The van der Waals surface area contributed by atoms with E-state index in [9.17, 15) is 9.47 Å². The zero-order chi connectivity index (χ0) is 19.9. The van der Waals surface area contributed by atoms with E-state index in [0.717, 1.165) is 22.3 Å². The minimum Gasteiger partial charge on any atom is -0.346 e. The van der Waals surface area contributed by atoms with Gasteiger partial charge in [0.1, 0.15) is 27.4 Å². The van der Waals surface area contributed by atoms with Crippen molar-refractivity contribution in [3.8, 4) is 17.3 Å². The Morgan fingerprint density at radius 1 is 1.43 bits per heavy atom. The number of aromatic nitrogens is 5. The molecule has 10 heteroatoms. The summed E-state index contributed by atoms with van der Waals surface area (Å²) in [5.41, 5.74) is 1.89. The molecule has 4 rings (SSSR count). The van der Waals surface area contributed by atoms with Gasteiger partial charge >= 0.3 is 0 Å². The highest BCUT2D eigenvalue weighted by molar-refractivity contribution is 7.90. The van der Waals surface area contributed by atoms with E-state index in [4.69, 9.17) is 0 Å². The van der Waals surface area contributed by atoms with E-state index in [1.165, 1.54) is 6.33 Å². The summed E-state index contributed by atoms with van der Waals surface area (Å²) in [6, 6.07) is 4.17. The van der Waals surface area contributed by atoms with Gasteiger partial charge in [0.05, 0.1) is 30.4 Å². The number of hydrogen-bond acceptors (Lipinski definition) is 6. The molecule has 146 valence electrons. The van der Waals surface area contributed by atoms with E-state index in [1.807, 2.05) is 41.3 Å². The minimum absolute atomic E-state index is 0.0127. The van der Waals surface area contributed by atoms with Gasteiger partial charge in [-0.25, -0.2) is 22.8 Å². The summed E-state index contributed by atoms with van der Waals surface area (Å²) in [5, 5.41) is 14.8. The summed E-state index contributed by atoms with van der Waals surface area (Å²) in [7, 11) is -2.45. The normalized spacial score (nSPS) is 18.5. The number of nitrogens with zero attached hydrogens (tertiary/aromatic N) is 7. The molecular weight excluding hydrogens is 376 g/mol. The number of hydrogen-bond donors (Lipinski definition) is 1. The molecule has 0 aliphatic carbocycles. The van der Waals surface area contributed by atoms with Crippen LogP contribution in [-0.2, 0) is 15.5 Å². The highest BCUT2D eigenvalue weighted by Crippen LogP contribution is 2.36. The Kier molecular flexibility index (Phi) is 4.44. The lowest BCUT2D eigenvalue weighted by atomic mass is 9.89. The van der Waals surface area contributed by atoms with E-state index >= 15 is 0 Å². The molecule has 0 amide bonds. The molecule has 0 spiro atoms. The van der Waals surface area contributed by atoms with Crippen molar-refractivity contribution in [3.63, 3.8) is 0 Å². The average molecular weight is 398 g/mol. The first-order chi connectivity index (χ1) is 13.3. The summed E-state index contributed by atoms with van der Waals surface area (Å²) >= 11 is 0. The molecule has 3 aromatic rings. The van der Waals surface area contributed by atoms with E-state index in [-0.39, 0.29) is 12.5 Å². The van der Waals surface area contributed by atoms with Crippen LogP contribution < -0.4 is 0 Å². The van der Waals surface area contributed by atoms with Gasteiger partial charge in [-0.3, -0.25) is 4.68 Å². The number of aromatic amines is 1. The fraction of sp³-hybridized carbons (Fsp3) is 0.444. The molecule has 0 unspecified atom stereocenters. The predicted molar refractivity (Wildman–Crippen MR) is 107 cm³/mol. The van der Waals surface area contributed by atoms with Crippen molar-refractivity contribution in [2.45, 2.75) is 31.8 Å². The maximum absolute atomic E-state index is 12.9. The molecule has 28 heavy (non-hydrogen) atoms. The molecule has 0 bridgehead atoms. The summed E-state index contributed by atoms with van der Waals surface area (Å²) < 4.78 is 20.9. The largest absolute Gasteiger partial charge is 0.346 e. The number of rotatable bonds is 5. The zero-order valence-corrected chi connectivity index (χ0v) is 16.8. The second kappa shape index (κ2) is 6.68. The molecule has 0 aromatic carbocycles. The van der Waals surface area contributed by atoms with Crippen molar-refractivity contribution >= 4 is 20.9 Å². The topological polar surface area (TPSA) is 116 Å². The maximum Gasteiger partial charge on any atom is 0.141 e. The van der Waals surface area contributed by atoms with Crippen molar-refractivity contribution in [2.24, 2.45) is 4.36 Å². The molecular formula is C18H22N8OS. The highest BCUT2D eigenvalue weighted by Gasteiger charge is 2.48. The molecule has 4 heterocycles. The van der Waals surface area contributed by atoms with Gasteiger partial charge in [-0.15, -0.1) is 0 Å². The number of H-pyrrole nitrogens is 1. The molecule has 1 fully saturated rings. The Morgan fingerprint density at radius 2 is 2.21 bits per heavy atom. The highest BCUT2D eigenvalue weighted by atomic mass is 32.2. The third-order valence-electron chi connectivity index (χ3n) is 4.93. The van der Waals surface area contributed by atoms with Gasteiger partial charge in [-0.2, -0.15) is 10.4 Å². The number of nitrogens with one attached hydrogen (secondary N) is 1. The minimum atomic E-state index is -2.45. The van der Waals surface area contributed by atoms with Crippen LogP contribution in [0.4, 0.5) is 0 Å². The van der Waals surface area contributed by atoms with E-state index in [1.54, 1.807) is 12.5 Å². The van der Waals surface area contributed by atoms with Crippen molar-refractivity contribution in [3.05, 3.63) is 31.0 Å². The smallest absolute Gasteiger partial charge is 0.141 e. The van der Waals surface area contributed by atoms with Gasteiger partial charge in [0.2, 0.25) is 0 Å². The van der Waals surface area contributed by atoms with Gasteiger partial charge in [0.15, 0.2) is 0 Å². The number of nitriles is 1. The monoisotopic (exact) mass is 398 g/mol. The zero-order valence-electron chi connectivity index (χ0n) is 16.0. The molecule has 3 aromatic heterocycles. The molecule has 1 aliphatic heterocycles. The van der Waals surface area contributed by atoms with Crippen LogP contribution in [-0.4, -0.2) is 58.6 Å². The Hall–Kier alpha value is -2.77. The second-order valence-corrected chi connectivity index (χ2v) is 9.71. The predicted octanol–water partition coefficient (Wildman–Crippen LogP) is 2.17. The van der Waals surface area contributed by atoms with Gasteiger partial charge in [-0.1, -0.05) is 0 Å². The van der Waals surface area contributed by atoms with Crippen LogP contribution in [0.15, 0.2) is 35.3 Å². The van der Waals surface area contributed by atoms with Gasteiger partial charge in [0, 0.05) is 42.7 Å². The maximum atomic E-state index is 12.9. The molecule has 1 saturated heterocycles. The summed E-state index contributed by atoms with van der Waals surface area (Å²) in [4.78, 5) is 11.7. The number of fused-ring (bicyclic) bond motifs is 1. The summed E-state index contributed by atoms with van der Waals surface area (Å²) in [5.74, 6) is 0. The fourth-order valence-electron chi connectivity index (χ4n) is 3.60. The lowest BCUT2D eigenvalue weighted by Crippen LogP contribution is -2.63. The SMILES string of the molecule is CC(C)N=[S@](C)(=O)N1CC(CC#N)(n2cc(-c3ncnc4[nH]ccc34)cn2)C1. The Bertz CT molecular complexity index is 1170. The van der Waals surface area contributed by atoms with Gasteiger partial charge in [0.25, 0.3) is 0 Å². The van der Waals surface area contributed by atoms with Crippen LogP contribution in [0.5, 0.6) is 0 Å². The standard InChI is InChI=1S/C18H22N8OS/c1-13(2)24-28(3,27)25-10-18(11-25,5-6-19)26-9-14(8-23-26)16-15-4-7-20-17(15)22-12-21-16/h4,7-9,12-13H,5,10-11H2,1-3H3,(H,20,21,22)/t28-/m0/s1. The van der Waals surface area contributed by atoms with Crippen LogP contribution in [0, 0.1) is 11.3 Å². The van der Waals surface area contributed by atoms with E-state index < -0.39 is 15.5 Å². The third-order valence-corrected chi connectivity index (χ3v) is 6.96. The fourth-order valence-corrected chi connectivity index (χ4v) is 5.47. The van der Waals surface area contributed by atoms with Crippen LogP contribution in [0.3, 0.4) is 0 Å². The van der Waals surface area contributed by atoms with Gasteiger partial charge < -0.3 is 4.98 Å². The van der Waals surface area contributed by atoms with Crippen molar-refractivity contribution < 1.29 is 4.21 Å². The molecule has 1 atom stereocenters. The summed E-state index contributed by atoms with van der Waals surface area (Å²) in [6.07, 6.45) is 8.93. The van der Waals surface area contributed by atoms with Crippen molar-refractivity contribution in [2.75, 3.05) is 19.3 Å². The second-order valence-electron chi connectivity index (χ2n) is 7.45. The van der Waals surface area contributed by atoms with E-state index in [0.29, 0.717) is 13.1 Å². The summed E-state index contributed by atoms with van der Waals surface area (Å²) in [6.45, 7) is 4.76. The van der Waals surface area contributed by atoms with Crippen LogP contribution in [0.2, 0.25) is 0 Å². The van der Waals surface area contributed by atoms with Gasteiger partial charge in [-0.05, 0) is 19.9 Å². The first-order valence-corrected chi connectivity index (χ1v) is 10.9.